The summed E-state index contributed by atoms with van der Waals surface area (Å²) >= 11 is 0. The number of hydrogen-bond acceptors (Lipinski definition) is 4. The van der Waals surface area contributed by atoms with Crippen LogP contribution in [0.5, 0.6) is 0 Å². The predicted molar refractivity (Wildman–Crippen MR) is 118 cm³/mol. The number of halogens is 1. The van der Waals surface area contributed by atoms with E-state index < -0.39 is 5.82 Å². The molecule has 0 aliphatic heterocycles. The van der Waals surface area contributed by atoms with Crippen molar-refractivity contribution < 1.29 is 14.0 Å². The minimum atomic E-state index is -0.475. The first-order chi connectivity index (χ1) is 14.8. The number of benzene rings is 1. The fourth-order valence-electron chi connectivity index (χ4n) is 3.03. The Hall–Kier alpha value is -3.75. The van der Waals surface area contributed by atoms with Crippen LogP contribution in [0.1, 0.15) is 25.2 Å². The molecule has 9 heteroatoms. The smallest absolute Gasteiger partial charge is 0.315 e. The molecule has 31 heavy (non-hydrogen) atoms. The molecule has 0 bridgehead atoms. The van der Waals surface area contributed by atoms with Crippen molar-refractivity contribution in [3.63, 3.8) is 0 Å². The highest BCUT2D eigenvalue weighted by molar-refractivity contribution is 5.98. The van der Waals surface area contributed by atoms with Crippen LogP contribution in [-0.4, -0.2) is 52.4 Å². The van der Waals surface area contributed by atoms with Gasteiger partial charge in [-0.05, 0) is 49.2 Å². The molecule has 0 radical (unpaired) electrons. The summed E-state index contributed by atoms with van der Waals surface area (Å²) < 4.78 is 14.6. The molecule has 0 saturated carbocycles. The number of nitrogens with zero attached hydrogens (tertiary/aromatic N) is 3. The van der Waals surface area contributed by atoms with Gasteiger partial charge in [0.25, 0.3) is 0 Å². The maximum atomic E-state index is 14.6. The average molecular weight is 424 g/mol. The number of urea groups is 1. The summed E-state index contributed by atoms with van der Waals surface area (Å²) in [7, 11) is 3.35. The lowest BCUT2D eigenvalue weighted by molar-refractivity contribution is -0.123. The van der Waals surface area contributed by atoms with Crippen LogP contribution in [0.4, 0.5) is 9.18 Å². The van der Waals surface area contributed by atoms with Crippen molar-refractivity contribution in [3.8, 4) is 11.3 Å². The van der Waals surface area contributed by atoms with Gasteiger partial charge in [-0.25, -0.2) is 14.2 Å². The van der Waals surface area contributed by atoms with Gasteiger partial charge >= 0.3 is 6.03 Å². The first-order valence-electron chi connectivity index (χ1n) is 9.85. The van der Waals surface area contributed by atoms with E-state index in [0.29, 0.717) is 29.0 Å². The van der Waals surface area contributed by atoms with Gasteiger partial charge in [-0.2, -0.15) is 0 Å². The molecule has 2 heterocycles. The van der Waals surface area contributed by atoms with Gasteiger partial charge in [-0.3, -0.25) is 9.78 Å². The zero-order valence-electron chi connectivity index (χ0n) is 17.9. The molecule has 0 saturated heterocycles. The van der Waals surface area contributed by atoms with Gasteiger partial charge < -0.3 is 20.5 Å². The second-order valence-electron chi connectivity index (χ2n) is 7.21. The number of aromatic amines is 1. The molecule has 3 rings (SSSR count). The zero-order valence-corrected chi connectivity index (χ0v) is 17.9. The van der Waals surface area contributed by atoms with Crippen LogP contribution in [0.15, 0.2) is 36.5 Å². The molecule has 3 amide bonds. The van der Waals surface area contributed by atoms with Crippen molar-refractivity contribution in [1.82, 2.24) is 30.5 Å². The number of H-pyrrole nitrogens is 1. The van der Waals surface area contributed by atoms with Crippen LogP contribution in [0.3, 0.4) is 0 Å². The SMILES string of the molecule is CCNC(=O)NCc1nc2c(-c3ncccc3F)cc(/C(C)=C/C(=O)N(C)C)cc2[nH]1. The van der Waals surface area contributed by atoms with Crippen LogP contribution in [0.2, 0.25) is 0 Å². The standard InChI is InChI=1S/C22H25FN6O2/c1-5-24-22(31)26-12-18-27-17-11-14(13(2)9-19(30)29(3)4)10-15(21(17)28-18)20-16(23)7-6-8-25-20/h6-11H,5,12H2,1-4H3,(H,27,28)(H2,24,26,31)/b13-9+. The highest BCUT2D eigenvalue weighted by Crippen LogP contribution is 2.31. The van der Waals surface area contributed by atoms with Crippen molar-refractivity contribution in [3.05, 3.63) is 53.7 Å². The number of hydrogen-bond donors (Lipinski definition) is 3. The summed E-state index contributed by atoms with van der Waals surface area (Å²) in [4.78, 5) is 37.2. The Morgan fingerprint density at radius 1 is 1.26 bits per heavy atom. The number of pyridine rings is 1. The van der Waals surface area contributed by atoms with E-state index in [2.05, 4.69) is 25.6 Å². The van der Waals surface area contributed by atoms with E-state index >= 15 is 0 Å². The molecule has 0 aliphatic rings. The van der Waals surface area contributed by atoms with E-state index in [9.17, 15) is 14.0 Å². The predicted octanol–water partition coefficient (Wildman–Crippen LogP) is 3.07. The van der Waals surface area contributed by atoms with Gasteiger partial charge in [0, 0.05) is 38.5 Å². The first kappa shape index (κ1) is 21.9. The van der Waals surface area contributed by atoms with E-state index in [1.54, 1.807) is 20.2 Å². The number of aromatic nitrogens is 3. The molecule has 0 atom stereocenters. The number of imidazole rings is 1. The molecule has 3 aromatic rings. The fraction of sp³-hybridized carbons (Fsp3) is 0.273. The molecule has 0 aliphatic carbocycles. The summed E-state index contributed by atoms with van der Waals surface area (Å²) in [6.07, 6.45) is 3.03. The van der Waals surface area contributed by atoms with E-state index in [1.165, 1.54) is 29.3 Å². The third-order valence-corrected chi connectivity index (χ3v) is 4.64. The number of carbonyl (C=O) groups excluding carboxylic acids is 2. The van der Waals surface area contributed by atoms with Gasteiger partial charge in [0.15, 0.2) is 0 Å². The lowest BCUT2D eigenvalue weighted by Gasteiger charge is -2.10. The molecule has 1 aromatic carbocycles. The fourth-order valence-corrected chi connectivity index (χ4v) is 3.03. The minimum Gasteiger partial charge on any atom is -0.345 e. The highest BCUT2D eigenvalue weighted by Gasteiger charge is 2.17. The van der Waals surface area contributed by atoms with Crippen molar-refractivity contribution >= 4 is 28.5 Å². The third kappa shape index (κ3) is 5.06. The first-order valence-corrected chi connectivity index (χ1v) is 9.85. The number of likely N-dealkylation sites (N-methyl/N-ethyl adjacent to an activating group) is 1. The van der Waals surface area contributed by atoms with E-state index in [1.807, 2.05) is 19.9 Å². The summed E-state index contributed by atoms with van der Waals surface area (Å²) in [5, 5.41) is 5.36. The van der Waals surface area contributed by atoms with Crippen molar-refractivity contribution in [1.29, 1.82) is 0 Å². The van der Waals surface area contributed by atoms with Crippen LogP contribution in [0, 0.1) is 5.82 Å². The Kier molecular flexibility index (Phi) is 6.64. The Balaban J connectivity index is 2.10. The average Bonchev–Trinajstić information content (AvgIpc) is 3.15. The maximum absolute atomic E-state index is 14.6. The Bertz CT molecular complexity index is 1150. The molecule has 162 valence electrons. The van der Waals surface area contributed by atoms with E-state index in [0.717, 1.165) is 11.1 Å². The molecular formula is C22H25FN6O2. The van der Waals surface area contributed by atoms with Gasteiger partial charge in [-0.15, -0.1) is 0 Å². The summed E-state index contributed by atoms with van der Waals surface area (Å²) in [6, 6.07) is 6.17. The minimum absolute atomic E-state index is 0.153. The second kappa shape index (κ2) is 9.38. The van der Waals surface area contributed by atoms with Gasteiger partial charge in [0.1, 0.15) is 17.3 Å². The number of amides is 3. The molecule has 8 nitrogen and oxygen atoms in total. The molecule has 2 aromatic heterocycles. The molecular weight excluding hydrogens is 399 g/mol. The van der Waals surface area contributed by atoms with Crippen LogP contribution >= 0.6 is 0 Å². The van der Waals surface area contributed by atoms with Crippen molar-refractivity contribution in [2.75, 3.05) is 20.6 Å². The number of carbonyl (C=O) groups is 2. The lowest BCUT2D eigenvalue weighted by Crippen LogP contribution is -2.34. The van der Waals surface area contributed by atoms with Crippen LogP contribution < -0.4 is 10.6 Å². The maximum Gasteiger partial charge on any atom is 0.315 e. The molecule has 0 fully saturated rings. The Morgan fingerprint density at radius 3 is 2.71 bits per heavy atom. The summed E-state index contributed by atoms with van der Waals surface area (Å²) in [6.45, 7) is 4.32. The largest absolute Gasteiger partial charge is 0.345 e. The van der Waals surface area contributed by atoms with Crippen molar-refractivity contribution in [2.24, 2.45) is 0 Å². The topological polar surface area (TPSA) is 103 Å². The van der Waals surface area contributed by atoms with Gasteiger partial charge in [-0.1, -0.05) is 0 Å². The van der Waals surface area contributed by atoms with Crippen LogP contribution in [-0.2, 0) is 11.3 Å². The Labute approximate surface area is 179 Å². The number of fused-ring (bicyclic) bond motifs is 1. The normalized spacial score (nSPS) is 11.5. The quantitative estimate of drug-likeness (QED) is 0.529. The van der Waals surface area contributed by atoms with Gasteiger partial charge in [0.2, 0.25) is 5.91 Å². The molecule has 0 spiro atoms. The number of nitrogens with one attached hydrogen (secondary N) is 3. The summed E-state index contributed by atoms with van der Waals surface area (Å²) in [5.41, 5.74) is 3.28. The van der Waals surface area contributed by atoms with Crippen molar-refractivity contribution in [2.45, 2.75) is 20.4 Å². The zero-order chi connectivity index (χ0) is 22.5. The summed E-state index contributed by atoms with van der Waals surface area (Å²) in [5.74, 6) is -0.112. The van der Waals surface area contributed by atoms with E-state index in [4.69, 9.17) is 0 Å². The third-order valence-electron chi connectivity index (χ3n) is 4.64. The molecule has 3 N–H and O–H groups in total. The van der Waals surface area contributed by atoms with Gasteiger partial charge in [0.05, 0.1) is 17.6 Å². The van der Waals surface area contributed by atoms with Crippen LogP contribution in [0.25, 0.3) is 27.9 Å². The number of allylic oxidation sites excluding steroid dienone is 1. The van der Waals surface area contributed by atoms with E-state index in [-0.39, 0.29) is 24.2 Å². The monoisotopic (exact) mass is 424 g/mol. The Morgan fingerprint density at radius 2 is 2.03 bits per heavy atom. The lowest BCUT2D eigenvalue weighted by atomic mass is 10.00. The second-order valence-corrected chi connectivity index (χ2v) is 7.21. The highest BCUT2D eigenvalue weighted by atomic mass is 19.1. The molecule has 0 unspecified atom stereocenters. The number of rotatable bonds is 6.